The summed E-state index contributed by atoms with van der Waals surface area (Å²) >= 11 is 0. The number of benzene rings is 1. The molecule has 0 radical (unpaired) electrons. The van der Waals surface area contributed by atoms with Gasteiger partial charge >= 0.3 is 17.9 Å². The second-order valence-electron chi connectivity index (χ2n) is 6.20. The van der Waals surface area contributed by atoms with Crippen LogP contribution < -0.4 is 0 Å². The average molecular weight is 354 g/mol. The van der Waals surface area contributed by atoms with E-state index in [9.17, 15) is 19.5 Å². The lowest BCUT2D eigenvalue weighted by molar-refractivity contribution is -0.166. The number of hydrogen-bond donors (Lipinski definition) is 4. The highest BCUT2D eigenvalue weighted by Crippen LogP contribution is 2.37. The molecule has 0 fully saturated rings. The van der Waals surface area contributed by atoms with Gasteiger partial charge in [0.25, 0.3) is 0 Å². The Bertz CT molecular complexity index is 571. The Labute approximate surface area is 146 Å². The maximum absolute atomic E-state index is 11.0. The van der Waals surface area contributed by atoms with Gasteiger partial charge in [0.05, 0.1) is 22.1 Å². The van der Waals surface area contributed by atoms with Gasteiger partial charge in [0, 0.05) is 0 Å². The van der Waals surface area contributed by atoms with Crippen LogP contribution in [-0.4, -0.2) is 43.9 Å². The molecule has 0 heterocycles. The largest absolute Gasteiger partial charge is 0.481 e. The summed E-state index contributed by atoms with van der Waals surface area (Å²) in [5, 5.41) is 36.0. The minimum atomic E-state index is -1.12. The van der Waals surface area contributed by atoms with Gasteiger partial charge in [-0.25, -0.2) is 9.59 Å². The number of hydrogen-bond acceptors (Lipinski definition) is 4. The first kappa shape index (κ1) is 22.6. The van der Waals surface area contributed by atoms with Crippen LogP contribution in [0.25, 0.3) is 0 Å². The van der Waals surface area contributed by atoms with Crippen LogP contribution in [0, 0.1) is 5.41 Å². The van der Waals surface area contributed by atoms with E-state index in [0.29, 0.717) is 12.8 Å². The summed E-state index contributed by atoms with van der Waals surface area (Å²) in [6.07, 6.45) is 1.74. The van der Waals surface area contributed by atoms with E-state index in [0.717, 1.165) is 6.42 Å². The van der Waals surface area contributed by atoms with Gasteiger partial charge in [-0.3, -0.25) is 4.79 Å². The van der Waals surface area contributed by atoms with Crippen molar-refractivity contribution >= 4 is 17.9 Å². The van der Waals surface area contributed by atoms with Crippen LogP contribution in [-0.2, 0) is 4.79 Å². The monoisotopic (exact) mass is 354 g/mol. The molecule has 0 aliphatic carbocycles. The lowest BCUT2D eigenvalue weighted by atomic mass is 9.70. The van der Waals surface area contributed by atoms with Crippen LogP contribution in [0.5, 0.6) is 0 Å². The summed E-state index contributed by atoms with van der Waals surface area (Å²) < 4.78 is 0. The Balaban J connectivity index is 0.000000462. The fourth-order valence-corrected chi connectivity index (χ4v) is 2.28. The van der Waals surface area contributed by atoms with E-state index in [1.54, 1.807) is 20.8 Å². The maximum Gasteiger partial charge on any atom is 0.335 e. The molecule has 0 bridgehead atoms. The normalized spacial score (nSPS) is 15.1. The number of aromatic carboxylic acids is 2. The third kappa shape index (κ3) is 5.86. The molecule has 4 N–H and O–H groups in total. The van der Waals surface area contributed by atoms with Crippen molar-refractivity contribution < 1.29 is 34.8 Å². The molecule has 0 amide bonds. The van der Waals surface area contributed by atoms with Gasteiger partial charge in [-0.2, -0.15) is 0 Å². The summed E-state index contributed by atoms with van der Waals surface area (Å²) in [4.78, 5) is 31.7. The molecule has 25 heavy (non-hydrogen) atoms. The number of aliphatic carboxylic acids is 1. The maximum atomic E-state index is 11.0. The summed E-state index contributed by atoms with van der Waals surface area (Å²) in [5.41, 5.74) is -1.99. The molecule has 1 aromatic rings. The number of aliphatic hydroxyl groups is 1. The van der Waals surface area contributed by atoms with Crippen molar-refractivity contribution in [2.75, 3.05) is 0 Å². The summed E-state index contributed by atoms with van der Waals surface area (Å²) in [6.45, 7) is 6.93. The minimum Gasteiger partial charge on any atom is -0.481 e. The first-order valence-corrected chi connectivity index (χ1v) is 7.95. The van der Waals surface area contributed by atoms with Gasteiger partial charge < -0.3 is 20.4 Å². The lowest BCUT2D eigenvalue weighted by Crippen LogP contribution is -2.48. The molecule has 0 aliphatic heterocycles. The van der Waals surface area contributed by atoms with Crippen molar-refractivity contribution in [3.63, 3.8) is 0 Å². The molecule has 2 unspecified atom stereocenters. The van der Waals surface area contributed by atoms with E-state index in [-0.39, 0.29) is 11.1 Å². The Morgan fingerprint density at radius 2 is 1.24 bits per heavy atom. The quantitative estimate of drug-likeness (QED) is 0.591. The van der Waals surface area contributed by atoms with E-state index >= 15 is 0 Å². The van der Waals surface area contributed by atoms with E-state index in [4.69, 9.17) is 15.3 Å². The zero-order chi connectivity index (χ0) is 19.8. The molecule has 1 rings (SSSR count). The molecule has 7 nitrogen and oxygen atoms in total. The summed E-state index contributed by atoms with van der Waals surface area (Å²) in [6, 6.07) is 5.02. The fraction of sp³-hybridized carbons (Fsp3) is 0.500. The highest BCUT2D eigenvalue weighted by molar-refractivity contribution is 5.91. The smallest absolute Gasteiger partial charge is 0.335 e. The highest BCUT2D eigenvalue weighted by atomic mass is 16.4. The Morgan fingerprint density at radius 1 is 0.880 bits per heavy atom. The van der Waals surface area contributed by atoms with Gasteiger partial charge in [0.2, 0.25) is 0 Å². The van der Waals surface area contributed by atoms with Crippen LogP contribution >= 0.6 is 0 Å². The van der Waals surface area contributed by atoms with Crippen molar-refractivity contribution in [3.8, 4) is 0 Å². The van der Waals surface area contributed by atoms with Crippen molar-refractivity contribution in [1.29, 1.82) is 0 Å². The predicted molar refractivity (Wildman–Crippen MR) is 91.9 cm³/mol. The molecule has 0 aliphatic rings. The lowest BCUT2D eigenvalue weighted by Gasteiger charge is -2.38. The molecule has 140 valence electrons. The molecule has 1 aromatic carbocycles. The van der Waals surface area contributed by atoms with Gasteiger partial charge in [0.15, 0.2) is 0 Å². The SMILES string of the molecule is CCCC(C)(O)C(C)(CC)C(=O)O.O=C(O)c1ccc(C(=O)O)cc1. The van der Waals surface area contributed by atoms with Gasteiger partial charge in [-0.15, -0.1) is 0 Å². The predicted octanol–water partition coefficient (Wildman–Crippen LogP) is 3.12. The number of rotatable bonds is 7. The molecule has 0 saturated heterocycles. The average Bonchev–Trinajstić information content (AvgIpc) is 2.54. The van der Waals surface area contributed by atoms with Gasteiger partial charge in [-0.05, 0) is 51.0 Å². The van der Waals surface area contributed by atoms with Crippen LogP contribution in [0.3, 0.4) is 0 Å². The van der Waals surface area contributed by atoms with E-state index in [1.807, 2.05) is 6.92 Å². The first-order chi connectivity index (χ1) is 11.4. The van der Waals surface area contributed by atoms with Crippen LogP contribution in [0.15, 0.2) is 24.3 Å². The molecule has 0 saturated carbocycles. The Morgan fingerprint density at radius 3 is 1.44 bits per heavy atom. The topological polar surface area (TPSA) is 132 Å². The second-order valence-corrected chi connectivity index (χ2v) is 6.20. The van der Waals surface area contributed by atoms with Crippen LogP contribution in [0.1, 0.15) is 67.7 Å². The molecule has 0 aromatic heterocycles. The zero-order valence-electron chi connectivity index (χ0n) is 14.9. The van der Waals surface area contributed by atoms with Gasteiger partial charge in [-0.1, -0.05) is 20.3 Å². The third-order valence-electron chi connectivity index (χ3n) is 4.48. The Kier molecular flexibility index (Phi) is 8.29. The van der Waals surface area contributed by atoms with Crippen molar-refractivity contribution in [3.05, 3.63) is 35.4 Å². The number of carboxylic acid groups (broad SMARTS) is 3. The third-order valence-corrected chi connectivity index (χ3v) is 4.48. The first-order valence-electron chi connectivity index (χ1n) is 7.95. The van der Waals surface area contributed by atoms with Crippen LogP contribution in [0.2, 0.25) is 0 Å². The van der Waals surface area contributed by atoms with Crippen molar-refractivity contribution in [1.82, 2.24) is 0 Å². The molecular weight excluding hydrogens is 328 g/mol. The van der Waals surface area contributed by atoms with E-state index in [2.05, 4.69) is 0 Å². The molecule has 7 heteroatoms. The second kappa shape index (κ2) is 9.17. The fourth-order valence-electron chi connectivity index (χ4n) is 2.28. The molecule has 0 spiro atoms. The van der Waals surface area contributed by atoms with Gasteiger partial charge in [0.1, 0.15) is 0 Å². The number of carboxylic acids is 3. The molecular formula is C18H26O7. The summed E-state index contributed by atoms with van der Waals surface area (Å²) in [5.74, 6) is -3.05. The van der Waals surface area contributed by atoms with Crippen molar-refractivity contribution in [2.45, 2.75) is 52.6 Å². The van der Waals surface area contributed by atoms with Crippen molar-refractivity contribution in [2.24, 2.45) is 5.41 Å². The standard InChI is InChI=1S/C10H20O3.C8H6O4/c1-5-7-10(4,13)9(3,6-2)8(11)12;9-7(10)5-1-2-6(4-3-5)8(11)12/h13H,5-7H2,1-4H3,(H,11,12);1-4H,(H,9,10)(H,11,12). The van der Waals surface area contributed by atoms with Crippen LogP contribution in [0.4, 0.5) is 0 Å². The summed E-state index contributed by atoms with van der Waals surface area (Å²) in [7, 11) is 0. The van der Waals surface area contributed by atoms with E-state index in [1.165, 1.54) is 24.3 Å². The molecule has 2 atom stereocenters. The van der Waals surface area contributed by atoms with E-state index < -0.39 is 28.9 Å². The minimum absolute atomic E-state index is 0.0833. The number of carbonyl (C=O) groups is 3. The zero-order valence-corrected chi connectivity index (χ0v) is 14.9. The highest BCUT2D eigenvalue weighted by Gasteiger charge is 2.47. The Hall–Kier alpha value is -2.41.